The van der Waals surface area contributed by atoms with Gasteiger partial charge in [0.15, 0.2) is 8.80 Å². The van der Waals surface area contributed by atoms with Gasteiger partial charge in [0.1, 0.15) is 0 Å². The van der Waals surface area contributed by atoms with E-state index in [1.165, 1.54) is 37.8 Å². The van der Waals surface area contributed by atoms with E-state index in [1.807, 2.05) is 12.1 Å². The number of aryl methyl sites for hydroxylation is 4. The van der Waals surface area contributed by atoms with E-state index in [9.17, 15) is 0 Å². The zero-order chi connectivity index (χ0) is 17.3. The maximum absolute atomic E-state index is 6.60. The molecule has 2 heteroatoms. The summed E-state index contributed by atoms with van der Waals surface area (Å²) in [6.45, 7) is 8.68. The van der Waals surface area contributed by atoms with Gasteiger partial charge in [-0.25, -0.2) is 0 Å². The van der Waals surface area contributed by atoms with Crippen LogP contribution in [0.1, 0.15) is 22.3 Å². The first-order valence-corrected chi connectivity index (χ1v) is 10.1. The van der Waals surface area contributed by atoms with Gasteiger partial charge in [-0.15, -0.1) is 0 Å². The number of rotatable bonds is 3. The van der Waals surface area contributed by atoms with Crippen molar-refractivity contribution in [3.8, 4) is 0 Å². The van der Waals surface area contributed by atoms with E-state index < -0.39 is 8.80 Å². The Morgan fingerprint density at radius 3 is 1.46 bits per heavy atom. The van der Waals surface area contributed by atoms with E-state index in [2.05, 4.69) is 76.2 Å². The first-order chi connectivity index (χ1) is 11.4. The van der Waals surface area contributed by atoms with Crippen molar-refractivity contribution in [1.82, 2.24) is 0 Å². The van der Waals surface area contributed by atoms with Gasteiger partial charge < -0.3 is 0 Å². The first-order valence-electron chi connectivity index (χ1n) is 8.23. The summed E-state index contributed by atoms with van der Waals surface area (Å²) in [5.41, 5.74) is 5.24. The van der Waals surface area contributed by atoms with Gasteiger partial charge in [0.2, 0.25) is 0 Å². The fourth-order valence-corrected chi connectivity index (χ4v) is 6.83. The molecule has 0 nitrogen and oxygen atoms in total. The van der Waals surface area contributed by atoms with E-state index >= 15 is 0 Å². The van der Waals surface area contributed by atoms with E-state index in [0.29, 0.717) is 0 Å². The lowest BCUT2D eigenvalue weighted by Crippen LogP contribution is -2.52. The van der Waals surface area contributed by atoms with Crippen LogP contribution in [0, 0.1) is 27.7 Å². The molecule has 0 amide bonds. The average molecular weight is 350 g/mol. The molecule has 0 saturated carbocycles. The minimum atomic E-state index is -1.13. The highest BCUT2D eigenvalue weighted by Crippen LogP contribution is 2.10. The third-order valence-electron chi connectivity index (χ3n) is 4.16. The molecule has 0 bridgehead atoms. The van der Waals surface area contributed by atoms with E-state index in [4.69, 9.17) is 11.6 Å². The smallest absolute Gasteiger partial charge is 0.0845 e. The lowest BCUT2D eigenvalue weighted by atomic mass is 10.2. The van der Waals surface area contributed by atoms with Gasteiger partial charge in [0, 0.05) is 5.02 Å². The Morgan fingerprint density at radius 2 is 1.04 bits per heavy atom. The van der Waals surface area contributed by atoms with Gasteiger partial charge in [-0.2, -0.15) is 0 Å². The highest BCUT2D eigenvalue weighted by Gasteiger charge is 2.22. The summed E-state index contributed by atoms with van der Waals surface area (Å²) in [7, 11) is -1.13. The lowest BCUT2D eigenvalue weighted by molar-refractivity contribution is 1.39. The van der Waals surface area contributed by atoms with Gasteiger partial charge in [0.05, 0.1) is 0 Å². The third kappa shape index (κ3) is 3.63. The molecule has 0 spiro atoms. The van der Waals surface area contributed by atoms with E-state index in [1.54, 1.807) is 0 Å². The van der Waals surface area contributed by atoms with Crippen LogP contribution in [0.5, 0.6) is 0 Å². The summed E-state index contributed by atoms with van der Waals surface area (Å²) < 4.78 is 0. The Labute approximate surface area is 151 Å². The predicted molar refractivity (Wildman–Crippen MR) is 108 cm³/mol. The minimum Gasteiger partial charge on any atom is -0.0845 e. The quantitative estimate of drug-likeness (QED) is 0.493. The zero-order valence-electron chi connectivity index (χ0n) is 14.7. The molecule has 24 heavy (non-hydrogen) atoms. The second-order valence-corrected chi connectivity index (χ2v) is 9.46. The molecule has 0 atom stereocenters. The molecule has 0 fully saturated rings. The van der Waals surface area contributed by atoms with Crippen LogP contribution >= 0.6 is 11.6 Å². The van der Waals surface area contributed by atoms with Crippen LogP contribution in [-0.4, -0.2) is 8.80 Å². The second kappa shape index (κ2) is 6.96. The molecular weight excluding hydrogens is 328 g/mol. The maximum atomic E-state index is 6.60. The Hall–Kier alpha value is -1.83. The van der Waals surface area contributed by atoms with E-state index in [-0.39, 0.29) is 0 Å². The highest BCUT2D eigenvalue weighted by molar-refractivity contribution is 6.96. The van der Waals surface area contributed by atoms with Gasteiger partial charge >= 0.3 is 0 Å². The van der Waals surface area contributed by atoms with Crippen LogP contribution in [0.2, 0.25) is 5.02 Å². The van der Waals surface area contributed by atoms with Gasteiger partial charge in [-0.3, -0.25) is 0 Å². The largest absolute Gasteiger partial charge is 0.156 e. The van der Waals surface area contributed by atoms with E-state index in [0.717, 1.165) is 5.02 Å². The normalized spacial score (nSPS) is 11.1. The standard InChI is InChI=1S/C22H22ClSi/c1-15-9-16(2)12-19(11-15)24(22-8-6-5-7-21(22)23)20-13-17(3)10-18(4)14-20/h5-14H,1-4H3. The fourth-order valence-electron chi connectivity index (χ4n) is 3.38. The van der Waals surface area contributed by atoms with Crippen LogP contribution in [0.4, 0.5) is 0 Å². The molecule has 0 aliphatic carbocycles. The Morgan fingerprint density at radius 1 is 0.625 bits per heavy atom. The molecule has 1 radical (unpaired) electrons. The van der Waals surface area contributed by atoms with Crippen LogP contribution in [0.3, 0.4) is 0 Å². The monoisotopic (exact) mass is 349 g/mol. The first kappa shape index (κ1) is 17.0. The third-order valence-corrected chi connectivity index (χ3v) is 7.36. The molecule has 3 rings (SSSR count). The van der Waals surface area contributed by atoms with Gasteiger partial charge in [0.25, 0.3) is 0 Å². The summed E-state index contributed by atoms with van der Waals surface area (Å²) in [5, 5.41) is 4.93. The summed E-state index contributed by atoms with van der Waals surface area (Å²) >= 11 is 6.60. The molecule has 0 aliphatic heterocycles. The Balaban J connectivity index is 2.26. The van der Waals surface area contributed by atoms with Crippen LogP contribution in [0.15, 0.2) is 60.7 Å². The molecule has 0 aliphatic rings. The number of hydrogen-bond donors (Lipinski definition) is 0. The molecule has 3 aromatic rings. The van der Waals surface area contributed by atoms with Crippen LogP contribution in [-0.2, 0) is 0 Å². The molecule has 0 unspecified atom stereocenters. The summed E-state index contributed by atoms with van der Waals surface area (Å²) in [4.78, 5) is 0. The van der Waals surface area contributed by atoms with Crippen molar-refractivity contribution in [3.63, 3.8) is 0 Å². The molecular formula is C22H22ClSi. The SMILES string of the molecule is Cc1cc(C)cc([Si](c2cc(C)cc(C)c2)c2ccccc2Cl)c1. The van der Waals surface area contributed by atoms with Crippen LogP contribution < -0.4 is 15.6 Å². The van der Waals surface area contributed by atoms with Crippen molar-refractivity contribution in [2.24, 2.45) is 0 Å². The molecule has 0 saturated heterocycles. The van der Waals surface area contributed by atoms with Crippen molar-refractivity contribution >= 4 is 36.0 Å². The molecule has 121 valence electrons. The van der Waals surface area contributed by atoms with Gasteiger partial charge in [-0.1, -0.05) is 98.8 Å². The summed E-state index contributed by atoms with van der Waals surface area (Å²) in [5.74, 6) is 0. The summed E-state index contributed by atoms with van der Waals surface area (Å²) in [6.07, 6.45) is 0. The Bertz CT molecular complexity index is 791. The molecule has 0 aromatic heterocycles. The van der Waals surface area contributed by atoms with Crippen LogP contribution in [0.25, 0.3) is 0 Å². The lowest BCUT2D eigenvalue weighted by Gasteiger charge is -2.20. The highest BCUT2D eigenvalue weighted by atomic mass is 35.5. The molecule has 3 aromatic carbocycles. The van der Waals surface area contributed by atoms with Crippen molar-refractivity contribution in [3.05, 3.63) is 87.9 Å². The second-order valence-electron chi connectivity index (χ2n) is 6.61. The predicted octanol–water partition coefficient (Wildman–Crippen LogP) is 4.09. The van der Waals surface area contributed by atoms with Crippen molar-refractivity contribution in [2.45, 2.75) is 27.7 Å². The van der Waals surface area contributed by atoms with Gasteiger partial charge in [-0.05, 0) is 38.9 Å². The maximum Gasteiger partial charge on any atom is 0.156 e. The topological polar surface area (TPSA) is 0 Å². The van der Waals surface area contributed by atoms with Crippen molar-refractivity contribution < 1.29 is 0 Å². The fraction of sp³-hybridized carbons (Fsp3) is 0.182. The summed E-state index contributed by atoms with van der Waals surface area (Å²) in [6, 6.07) is 22.0. The number of benzene rings is 3. The average Bonchev–Trinajstić information content (AvgIpc) is 2.47. The molecule has 0 heterocycles. The van der Waals surface area contributed by atoms with Crippen molar-refractivity contribution in [1.29, 1.82) is 0 Å². The minimum absolute atomic E-state index is 0.865. The molecule has 0 N–H and O–H groups in total. The number of halogens is 1. The zero-order valence-corrected chi connectivity index (χ0v) is 16.4. The van der Waals surface area contributed by atoms with Crippen molar-refractivity contribution in [2.75, 3.05) is 0 Å². The number of hydrogen-bond acceptors (Lipinski definition) is 0. The Kier molecular flexibility index (Phi) is 4.93.